The van der Waals surface area contributed by atoms with E-state index in [1.165, 1.54) is 12.8 Å². The van der Waals surface area contributed by atoms with Crippen molar-refractivity contribution in [2.24, 2.45) is 5.92 Å². The highest BCUT2D eigenvalue weighted by molar-refractivity contribution is 5.98. The highest BCUT2D eigenvalue weighted by Gasteiger charge is 2.22. The van der Waals surface area contributed by atoms with Crippen LogP contribution in [0.1, 0.15) is 23.2 Å². The first-order chi connectivity index (χ1) is 10.3. The Bertz CT molecular complexity index is 516. The van der Waals surface area contributed by atoms with E-state index in [1.807, 2.05) is 19.2 Å². The maximum absolute atomic E-state index is 12.4. The van der Waals surface area contributed by atoms with Crippen LogP contribution in [-0.2, 0) is 0 Å². The van der Waals surface area contributed by atoms with Gasteiger partial charge >= 0.3 is 0 Å². The van der Waals surface area contributed by atoms with Crippen molar-refractivity contribution in [3.63, 3.8) is 0 Å². The van der Waals surface area contributed by atoms with Crippen LogP contribution in [0.25, 0.3) is 0 Å². The summed E-state index contributed by atoms with van der Waals surface area (Å²) in [6.45, 7) is 3.76. The van der Waals surface area contributed by atoms with E-state index in [0.29, 0.717) is 23.8 Å². The third-order valence-corrected chi connectivity index (χ3v) is 4.16. The summed E-state index contributed by atoms with van der Waals surface area (Å²) in [6.07, 6.45) is 2.41. The molecule has 114 valence electrons. The Labute approximate surface area is 125 Å². The molecule has 1 unspecified atom stereocenters. The second-order valence-corrected chi connectivity index (χ2v) is 5.79. The lowest BCUT2D eigenvalue weighted by Gasteiger charge is -2.32. The third kappa shape index (κ3) is 3.36. The zero-order valence-electron chi connectivity index (χ0n) is 12.4. The molecule has 5 heteroatoms. The van der Waals surface area contributed by atoms with Crippen molar-refractivity contribution >= 4 is 5.78 Å². The van der Waals surface area contributed by atoms with Crippen LogP contribution in [0.3, 0.4) is 0 Å². The fourth-order valence-corrected chi connectivity index (χ4v) is 3.11. The number of benzene rings is 1. The number of carbonyl (C=O) groups is 1. The molecule has 2 heterocycles. The Kier molecular flexibility index (Phi) is 4.41. The highest BCUT2D eigenvalue weighted by atomic mass is 16.7. The summed E-state index contributed by atoms with van der Waals surface area (Å²) in [5.74, 6) is 2.19. The number of likely N-dealkylation sites (tertiary alicyclic amines) is 1. The first-order valence-electron chi connectivity index (χ1n) is 7.56. The first kappa shape index (κ1) is 14.4. The van der Waals surface area contributed by atoms with E-state index in [9.17, 15) is 4.79 Å². The van der Waals surface area contributed by atoms with Gasteiger partial charge < -0.3 is 14.8 Å². The fraction of sp³-hybridized carbons (Fsp3) is 0.562. The molecule has 2 aliphatic heterocycles. The molecule has 5 nitrogen and oxygen atoms in total. The Balaban J connectivity index is 1.60. The van der Waals surface area contributed by atoms with Gasteiger partial charge in [0.15, 0.2) is 17.3 Å². The molecule has 1 atom stereocenters. The molecular weight excluding hydrogens is 268 g/mol. The summed E-state index contributed by atoms with van der Waals surface area (Å²) < 4.78 is 10.6. The lowest BCUT2D eigenvalue weighted by Crippen LogP contribution is -2.41. The van der Waals surface area contributed by atoms with Crippen molar-refractivity contribution in [1.82, 2.24) is 10.2 Å². The molecule has 1 saturated heterocycles. The minimum Gasteiger partial charge on any atom is -0.454 e. The molecule has 3 rings (SSSR count). The molecule has 2 aliphatic rings. The lowest BCUT2D eigenvalue weighted by atomic mass is 9.97. The first-order valence-corrected chi connectivity index (χ1v) is 7.56. The quantitative estimate of drug-likeness (QED) is 0.834. The largest absolute Gasteiger partial charge is 0.454 e. The number of piperidine rings is 1. The number of fused-ring (bicyclic) bond motifs is 1. The number of ether oxygens (including phenoxy) is 2. The molecule has 1 aromatic rings. The van der Waals surface area contributed by atoms with Crippen LogP contribution in [0.5, 0.6) is 11.5 Å². The maximum atomic E-state index is 12.4. The predicted molar refractivity (Wildman–Crippen MR) is 80.0 cm³/mol. The van der Waals surface area contributed by atoms with Crippen molar-refractivity contribution in [1.29, 1.82) is 0 Å². The van der Waals surface area contributed by atoms with Crippen LogP contribution in [0.15, 0.2) is 18.2 Å². The van der Waals surface area contributed by atoms with Gasteiger partial charge in [-0.2, -0.15) is 0 Å². The van der Waals surface area contributed by atoms with Gasteiger partial charge in [0.1, 0.15) is 0 Å². The van der Waals surface area contributed by atoms with Crippen LogP contribution in [0.2, 0.25) is 0 Å². The van der Waals surface area contributed by atoms with E-state index in [0.717, 1.165) is 25.4 Å². The molecule has 0 radical (unpaired) electrons. The van der Waals surface area contributed by atoms with Crippen LogP contribution in [0, 0.1) is 5.92 Å². The van der Waals surface area contributed by atoms with E-state index in [1.54, 1.807) is 6.07 Å². The van der Waals surface area contributed by atoms with Crippen LogP contribution in [0.4, 0.5) is 0 Å². The zero-order valence-corrected chi connectivity index (χ0v) is 12.4. The monoisotopic (exact) mass is 290 g/mol. The van der Waals surface area contributed by atoms with Gasteiger partial charge in [-0.05, 0) is 57.1 Å². The van der Waals surface area contributed by atoms with E-state index >= 15 is 0 Å². The smallest absolute Gasteiger partial charge is 0.231 e. The van der Waals surface area contributed by atoms with Gasteiger partial charge in [0.25, 0.3) is 0 Å². The van der Waals surface area contributed by atoms with Gasteiger partial charge in [-0.15, -0.1) is 0 Å². The minimum absolute atomic E-state index is 0.151. The maximum Gasteiger partial charge on any atom is 0.231 e. The molecule has 0 aliphatic carbocycles. The van der Waals surface area contributed by atoms with Crippen molar-refractivity contribution < 1.29 is 14.3 Å². The van der Waals surface area contributed by atoms with Gasteiger partial charge in [0, 0.05) is 12.1 Å². The number of nitrogens with zero attached hydrogens (tertiary/aromatic N) is 1. The van der Waals surface area contributed by atoms with E-state index < -0.39 is 0 Å². The Hall–Kier alpha value is -1.59. The summed E-state index contributed by atoms with van der Waals surface area (Å²) >= 11 is 0. The number of hydrogen-bond donors (Lipinski definition) is 1. The third-order valence-electron chi connectivity index (χ3n) is 4.16. The van der Waals surface area contributed by atoms with Gasteiger partial charge in [-0.25, -0.2) is 0 Å². The van der Waals surface area contributed by atoms with Gasteiger partial charge in [-0.1, -0.05) is 0 Å². The topological polar surface area (TPSA) is 50.8 Å². The number of nitrogens with one attached hydrogen (secondary N) is 1. The van der Waals surface area contributed by atoms with Crippen LogP contribution in [-0.4, -0.2) is 50.7 Å². The molecule has 21 heavy (non-hydrogen) atoms. The molecule has 0 amide bonds. The van der Waals surface area contributed by atoms with Crippen molar-refractivity contribution in [3.05, 3.63) is 23.8 Å². The number of carbonyl (C=O) groups excluding carboxylic acids is 1. The fourth-order valence-electron chi connectivity index (χ4n) is 3.11. The standard InChI is InChI=1S/C16H22N2O3/c1-17-8-12-3-2-6-18(9-12)10-14(19)13-4-5-15-16(7-13)21-11-20-15/h4-5,7,12,17H,2-3,6,8-11H2,1H3. The van der Waals surface area contributed by atoms with Crippen molar-refractivity contribution in [3.8, 4) is 11.5 Å². The van der Waals surface area contributed by atoms with Crippen LogP contribution < -0.4 is 14.8 Å². The highest BCUT2D eigenvalue weighted by Crippen LogP contribution is 2.32. The van der Waals surface area contributed by atoms with Crippen LogP contribution >= 0.6 is 0 Å². The predicted octanol–water partition coefficient (Wildman–Crippen LogP) is 1.53. The summed E-state index contributed by atoms with van der Waals surface area (Å²) in [7, 11) is 1.98. The second-order valence-electron chi connectivity index (χ2n) is 5.79. The van der Waals surface area contributed by atoms with Crippen molar-refractivity contribution in [2.45, 2.75) is 12.8 Å². The SMILES string of the molecule is CNCC1CCCN(CC(=O)c2ccc3c(c2)OCO3)C1. The summed E-state index contributed by atoms with van der Waals surface area (Å²) in [4.78, 5) is 14.7. The minimum atomic E-state index is 0.151. The number of hydrogen-bond acceptors (Lipinski definition) is 5. The number of rotatable bonds is 5. The number of Topliss-reactive ketones (excluding diaryl/α,β-unsaturated/α-hetero) is 1. The molecular formula is C16H22N2O3. The van der Waals surface area contributed by atoms with E-state index in [2.05, 4.69) is 10.2 Å². The van der Waals surface area contributed by atoms with Crippen molar-refractivity contribution in [2.75, 3.05) is 40.0 Å². The molecule has 1 aromatic carbocycles. The van der Waals surface area contributed by atoms with E-state index in [4.69, 9.17) is 9.47 Å². The Morgan fingerprint density at radius 1 is 1.38 bits per heavy atom. The molecule has 0 saturated carbocycles. The summed E-state index contributed by atoms with van der Waals surface area (Å²) in [6, 6.07) is 5.43. The zero-order chi connectivity index (χ0) is 14.7. The molecule has 0 spiro atoms. The summed E-state index contributed by atoms with van der Waals surface area (Å²) in [5.41, 5.74) is 0.704. The lowest BCUT2D eigenvalue weighted by molar-refractivity contribution is 0.0886. The van der Waals surface area contributed by atoms with Gasteiger partial charge in [-0.3, -0.25) is 9.69 Å². The average molecular weight is 290 g/mol. The second kappa shape index (κ2) is 6.45. The number of ketones is 1. The van der Waals surface area contributed by atoms with Gasteiger partial charge in [0.05, 0.1) is 6.54 Å². The van der Waals surface area contributed by atoms with Gasteiger partial charge in [0.2, 0.25) is 6.79 Å². The Morgan fingerprint density at radius 3 is 3.10 bits per heavy atom. The molecule has 0 bridgehead atoms. The average Bonchev–Trinajstić information content (AvgIpc) is 2.95. The van der Waals surface area contributed by atoms with E-state index in [-0.39, 0.29) is 12.6 Å². The normalized spacial score (nSPS) is 21.5. The molecule has 1 N–H and O–H groups in total. The molecule has 1 fully saturated rings. The molecule has 0 aromatic heterocycles. The summed E-state index contributed by atoms with van der Waals surface area (Å²) in [5, 5.41) is 3.23. The Morgan fingerprint density at radius 2 is 2.24 bits per heavy atom.